The number of anilines is 1. The Morgan fingerprint density at radius 3 is 2.38 bits per heavy atom. The summed E-state index contributed by atoms with van der Waals surface area (Å²) in [5, 5.41) is 1.09. The summed E-state index contributed by atoms with van der Waals surface area (Å²) in [5.74, 6) is 1.39. The molecule has 0 spiro atoms. The van der Waals surface area contributed by atoms with Crippen LogP contribution in [-0.2, 0) is 0 Å². The maximum Gasteiger partial charge on any atom is 0.161 e. The van der Waals surface area contributed by atoms with Gasteiger partial charge in [-0.2, -0.15) is 0 Å². The van der Waals surface area contributed by atoms with Gasteiger partial charge in [0.1, 0.15) is 0 Å². The van der Waals surface area contributed by atoms with Gasteiger partial charge in [0.25, 0.3) is 0 Å². The van der Waals surface area contributed by atoms with E-state index in [0.29, 0.717) is 11.5 Å². The van der Waals surface area contributed by atoms with Gasteiger partial charge >= 0.3 is 0 Å². The topological polar surface area (TPSA) is 69.2 Å². The molecule has 0 atom stereocenters. The van der Waals surface area contributed by atoms with Crippen LogP contribution in [-0.4, -0.2) is 29.2 Å². The largest absolute Gasteiger partial charge is 0.493 e. The Balaban J connectivity index is 1.42. The Morgan fingerprint density at radius 2 is 1.56 bits per heavy atom. The second-order valence-electron chi connectivity index (χ2n) is 7.51. The highest BCUT2D eigenvalue weighted by Crippen LogP contribution is 2.34. The van der Waals surface area contributed by atoms with Gasteiger partial charge in [0.05, 0.1) is 31.6 Å². The molecule has 0 aliphatic rings. The number of nitrogens with one attached hydrogen (secondary N) is 1. The van der Waals surface area contributed by atoms with Crippen LogP contribution >= 0.6 is 11.9 Å². The van der Waals surface area contributed by atoms with Gasteiger partial charge in [-0.1, -0.05) is 6.07 Å². The van der Waals surface area contributed by atoms with E-state index in [1.807, 2.05) is 61.1 Å². The van der Waals surface area contributed by atoms with Crippen molar-refractivity contribution in [3.63, 3.8) is 0 Å². The minimum atomic E-state index is 0.691. The van der Waals surface area contributed by atoms with E-state index in [0.717, 1.165) is 43.7 Å². The smallest absolute Gasteiger partial charge is 0.161 e. The van der Waals surface area contributed by atoms with Crippen LogP contribution in [0.3, 0.4) is 0 Å². The molecule has 2 aromatic carbocycles. The summed E-state index contributed by atoms with van der Waals surface area (Å²) >= 11 is 1.49. The van der Waals surface area contributed by atoms with Gasteiger partial charge in [0.2, 0.25) is 0 Å². The molecule has 7 heteroatoms. The molecule has 6 nitrogen and oxygen atoms in total. The lowest BCUT2D eigenvalue weighted by molar-refractivity contribution is 0.354. The minimum Gasteiger partial charge on any atom is -0.493 e. The Kier molecular flexibility index (Phi) is 6.27. The highest BCUT2D eigenvalue weighted by atomic mass is 32.2. The van der Waals surface area contributed by atoms with Crippen LogP contribution in [0.2, 0.25) is 0 Å². The summed E-state index contributed by atoms with van der Waals surface area (Å²) in [6, 6.07) is 20.3. The Hall–Kier alpha value is -4.10. The van der Waals surface area contributed by atoms with E-state index < -0.39 is 0 Å². The summed E-state index contributed by atoms with van der Waals surface area (Å²) in [7, 11) is 3.26. The molecule has 0 saturated heterocycles. The zero-order valence-corrected chi connectivity index (χ0v) is 19.5. The fourth-order valence-corrected chi connectivity index (χ4v) is 4.41. The molecule has 0 aliphatic carbocycles. The molecular formula is C27H22N4O2S. The van der Waals surface area contributed by atoms with Crippen molar-refractivity contribution in [3.8, 4) is 33.8 Å². The van der Waals surface area contributed by atoms with Crippen molar-refractivity contribution < 1.29 is 9.47 Å². The lowest BCUT2D eigenvalue weighted by atomic mass is 9.98. The number of methoxy groups -OCH3 is 2. The van der Waals surface area contributed by atoms with Crippen LogP contribution in [0, 0.1) is 0 Å². The minimum absolute atomic E-state index is 0.691. The van der Waals surface area contributed by atoms with Gasteiger partial charge in [-0.15, -0.1) is 0 Å². The molecule has 0 saturated carbocycles. The van der Waals surface area contributed by atoms with Crippen LogP contribution in [0.1, 0.15) is 0 Å². The monoisotopic (exact) mass is 466 g/mol. The van der Waals surface area contributed by atoms with Gasteiger partial charge in [0.15, 0.2) is 11.5 Å². The predicted molar refractivity (Wildman–Crippen MR) is 137 cm³/mol. The molecular weight excluding hydrogens is 444 g/mol. The van der Waals surface area contributed by atoms with E-state index >= 15 is 0 Å². The van der Waals surface area contributed by atoms with Crippen LogP contribution in [0.15, 0.2) is 96.5 Å². The fourth-order valence-electron chi connectivity index (χ4n) is 3.76. The zero-order valence-electron chi connectivity index (χ0n) is 18.7. The lowest BCUT2D eigenvalue weighted by Gasteiger charge is -2.11. The zero-order chi connectivity index (χ0) is 23.3. The second-order valence-corrected chi connectivity index (χ2v) is 8.39. The molecule has 34 heavy (non-hydrogen) atoms. The van der Waals surface area contributed by atoms with E-state index in [1.54, 1.807) is 26.6 Å². The van der Waals surface area contributed by atoms with Crippen molar-refractivity contribution in [2.75, 3.05) is 18.9 Å². The number of pyridine rings is 3. The number of nitrogens with zero attached hydrogens (tertiary/aromatic N) is 3. The van der Waals surface area contributed by atoms with Crippen molar-refractivity contribution >= 4 is 28.5 Å². The third-order valence-electron chi connectivity index (χ3n) is 5.45. The highest BCUT2D eigenvalue weighted by molar-refractivity contribution is 8.00. The first-order valence-corrected chi connectivity index (χ1v) is 11.5. The molecule has 0 fully saturated rings. The Bertz CT molecular complexity index is 1440. The van der Waals surface area contributed by atoms with Crippen molar-refractivity contribution in [2.45, 2.75) is 4.90 Å². The molecule has 5 aromatic rings. The van der Waals surface area contributed by atoms with Crippen molar-refractivity contribution in [2.24, 2.45) is 0 Å². The molecule has 0 bridgehead atoms. The lowest BCUT2D eigenvalue weighted by Crippen LogP contribution is -1.93. The van der Waals surface area contributed by atoms with Gasteiger partial charge in [-0.3, -0.25) is 15.0 Å². The van der Waals surface area contributed by atoms with Crippen LogP contribution < -0.4 is 14.2 Å². The maximum atomic E-state index is 5.40. The average molecular weight is 467 g/mol. The van der Waals surface area contributed by atoms with Crippen molar-refractivity contribution in [1.29, 1.82) is 0 Å². The molecule has 0 aliphatic heterocycles. The first-order chi connectivity index (χ1) is 16.7. The van der Waals surface area contributed by atoms with E-state index in [2.05, 4.69) is 37.9 Å². The molecule has 168 valence electrons. The number of rotatable bonds is 7. The normalized spacial score (nSPS) is 10.8. The quantitative estimate of drug-likeness (QED) is 0.275. The molecule has 3 heterocycles. The van der Waals surface area contributed by atoms with E-state index in [1.165, 1.54) is 11.9 Å². The van der Waals surface area contributed by atoms with Crippen molar-refractivity contribution in [3.05, 3.63) is 91.6 Å². The summed E-state index contributed by atoms with van der Waals surface area (Å²) in [6.45, 7) is 0. The number of hydrogen-bond donors (Lipinski definition) is 1. The summed E-state index contributed by atoms with van der Waals surface area (Å²) in [5.41, 5.74) is 6.18. The Labute approximate surface area is 202 Å². The SMILES string of the molecule is COc1ccc(SNc2cncc(-c3ccc4nccc(-c5ccncc5)c4c3)c2)cc1OC. The fraction of sp³-hybridized carbons (Fsp3) is 0.0741. The maximum absolute atomic E-state index is 5.40. The van der Waals surface area contributed by atoms with E-state index in [9.17, 15) is 0 Å². The van der Waals surface area contributed by atoms with Gasteiger partial charge in [-0.25, -0.2) is 0 Å². The number of ether oxygens (including phenoxy) is 2. The average Bonchev–Trinajstić information content (AvgIpc) is 2.91. The number of aromatic nitrogens is 3. The number of benzene rings is 2. The number of hydrogen-bond acceptors (Lipinski definition) is 7. The third-order valence-corrected chi connectivity index (χ3v) is 6.27. The molecule has 0 amide bonds. The highest BCUT2D eigenvalue weighted by Gasteiger charge is 2.09. The summed E-state index contributed by atoms with van der Waals surface area (Å²) < 4.78 is 14.1. The molecule has 3 aromatic heterocycles. The first kappa shape index (κ1) is 21.7. The molecule has 0 unspecified atom stereocenters. The second kappa shape index (κ2) is 9.80. The van der Waals surface area contributed by atoms with E-state index in [-0.39, 0.29) is 0 Å². The van der Waals surface area contributed by atoms with E-state index in [4.69, 9.17) is 9.47 Å². The molecule has 1 N–H and O–H groups in total. The summed E-state index contributed by atoms with van der Waals surface area (Å²) in [6.07, 6.45) is 9.13. The standard InChI is InChI=1S/C27H22N4O2S/c1-32-26-6-4-22(15-27(26)33-2)34-31-21-13-20(16-29-17-21)19-3-5-25-24(14-19)23(9-12-30-25)18-7-10-28-11-8-18/h3-17,31H,1-2H3. The molecule has 0 radical (unpaired) electrons. The first-order valence-electron chi connectivity index (χ1n) is 10.6. The number of fused-ring (bicyclic) bond motifs is 1. The van der Waals surface area contributed by atoms with Gasteiger partial charge in [-0.05, 0) is 83.2 Å². The van der Waals surface area contributed by atoms with Gasteiger partial charge in [0, 0.05) is 40.6 Å². The third kappa shape index (κ3) is 4.51. The van der Waals surface area contributed by atoms with Gasteiger partial charge < -0.3 is 14.2 Å². The van der Waals surface area contributed by atoms with Crippen LogP contribution in [0.4, 0.5) is 5.69 Å². The molecule has 5 rings (SSSR count). The van der Waals surface area contributed by atoms with Crippen LogP contribution in [0.5, 0.6) is 11.5 Å². The van der Waals surface area contributed by atoms with Crippen molar-refractivity contribution in [1.82, 2.24) is 15.0 Å². The van der Waals surface area contributed by atoms with Crippen LogP contribution in [0.25, 0.3) is 33.2 Å². The summed E-state index contributed by atoms with van der Waals surface area (Å²) in [4.78, 5) is 14.1. The Morgan fingerprint density at radius 1 is 0.706 bits per heavy atom. The predicted octanol–water partition coefficient (Wildman–Crippen LogP) is 6.50.